The van der Waals surface area contributed by atoms with Crippen LogP contribution in [0.15, 0.2) is 47.5 Å². The number of carbonyl (C=O) groups is 1. The lowest BCUT2D eigenvalue weighted by Crippen LogP contribution is -2.22. The molecule has 1 atom stereocenters. The molecule has 0 bridgehead atoms. The lowest BCUT2D eigenvalue weighted by Gasteiger charge is -2.09. The van der Waals surface area contributed by atoms with Crippen LogP contribution in [-0.2, 0) is 17.3 Å². The van der Waals surface area contributed by atoms with Crippen molar-refractivity contribution in [3.8, 4) is 5.88 Å². The fourth-order valence-corrected chi connectivity index (χ4v) is 3.03. The van der Waals surface area contributed by atoms with Gasteiger partial charge in [-0.25, -0.2) is 4.98 Å². The van der Waals surface area contributed by atoms with Crippen molar-refractivity contribution in [1.82, 2.24) is 10.3 Å². The van der Waals surface area contributed by atoms with Gasteiger partial charge in [0.05, 0.1) is 17.4 Å². The summed E-state index contributed by atoms with van der Waals surface area (Å²) in [4.78, 5) is 17.0. The van der Waals surface area contributed by atoms with Crippen molar-refractivity contribution in [2.45, 2.75) is 37.5 Å². The Morgan fingerprint density at radius 1 is 1.25 bits per heavy atom. The second kappa shape index (κ2) is 8.59. The summed E-state index contributed by atoms with van der Waals surface area (Å²) in [7, 11) is -1.05. The van der Waals surface area contributed by atoms with Crippen molar-refractivity contribution in [3.05, 3.63) is 53.7 Å². The number of hydrogen-bond donors (Lipinski definition) is 1. The molecule has 6 heteroatoms. The summed E-state index contributed by atoms with van der Waals surface area (Å²) in [5.41, 5.74) is 1.46. The van der Waals surface area contributed by atoms with E-state index >= 15 is 0 Å². The zero-order valence-electron chi connectivity index (χ0n) is 14.1. The number of pyridine rings is 1. The molecule has 2 rings (SSSR count). The van der Waals surface area contributed by atoms with E-state index in [1.807, 2.05) is 26.8 Å². The van der Waals surface area contributed by atoms with Gasteiger partial charge in [0.1, 0.15) is 0 Å². The van der Waals surface area contributed by atoms with Crippen molar-refractivity contribution in [1.29, 1.82) is 0 Å². The highest BCUT2D eigenvalue weighted by molar-refractivity contribution is 7.85. The molecule has 0 radical (unpaired) electrons. The van der Waals surface area contributed by atoms with Crippen LogP contribution in [0.4, 0.5) is 0 Å². The average molecular weight is 346 g/mol. The van der Waals surface area contributed by atoms with Crippen molar-refractivity contribution in [2.24, 2.45) is 0 Å². The maximum atomic E-state index is 12.2. The first kappa shape index (κ1) is 18.1. The topological polar surface area (TPSA) is 68.3 Å². The molecular formula is C18H22N2O3S. The van der Waals surface area contributed by atoms with Gasteiger partial charge in [-0.3, -0.25) is 9.00 Å². The SMILES string of the molecule is CCOc1cc(CNC(=O)c2ccc([S@@](=O)C(C)C)cc2)ccn1. The Hall–Kier alpha value is -2.21. The summed E-state index contributed by atoms with van der Waals surface area (Å²) in [5, 5.41) is 2.91. The monoisotopic (exact) mass is 346 g/mol. The predicted octanol–water partition coefficient (Wildman–Crippen LogP) is 2.93. The van der Waals surface area contributed by atoms with Crippen LogP contribution in [-0.4, -0.2) is 27.0 Å². The highest BCUT2D eigenvalue weighted by Gasteiger charge is 2.10. The number of aromatic nitrogens is 1. The second-order valence-electron chi connectivity index (χ2n) is 5.49. The minimum Gasteiger partial charge on any atom is -0.478 e. The third-order valence-corrected chi connectivity index (χ3v) is 4.91. The van der Waals surface area contributed by atoms with Gasteiger partial charge in [-0.05, 0) is 42.8 Å². The van der Waals surface area contributed by atoms with Gasteiger partial charge in [0.25, 0.3) is 5.91 Å². The minimum atomic E-state index is -1.05. The molecule has 1 N–H and O–H groups in total. The molecule has 0 unspecified atom stereocenters. The number of nitrogens with one attached hydrogen (secondary N) is 1. The standard InChI is InChI=1S/C18H22N2O3S/c1-4-23-17-11-14(9-10-19-17)12-20-18(21)15-5-7-16(8-6-15)24(22)13(2)3/h5-11,13H,4,12H2,1-3H3,(H,20,21)/t24-/m0/s1. The van der Waals surface area contributed by atoms with E-state index in [0.717, 1.165) is 10.5 Å². The van der Waals surface area contributed by atoms with E-state index in [9.17, 15) is 9.00 Å². The van der Waals surface area contributed by atoms with Gasteiger partial charge in [0, 0.05) is 34.5 Å². The molecule has 0 aliphatic heterocycles. The number of nitrogens with zero attached hydrogens (tertiary/aromatic N) is 1. The number of benzene rings is 1. The Morgan fingerprint density at radius 3 is 2.58 bits per heavy atom. The molecule has 24 heavy (non-hydrogen) atoms. The lowest BCUT2D eigenvalue weighted by molar-refractivity contribution is 0.0950. The molecule has 2 aromatic rings. The van der Waals surface area contributed by atoms with Crippen LogP contribution in [0.3, 0.4) is 0 Å². The molecule has 1 aromatic heterocycles. The van der Waals surface area contributed by atoms with Crippen molar-refractivity contribution in [2.75, 3.05) is 6.61 Å². The molecule has 0 fully saturated rings. The maximum absolute atomic E-state index is 12.2. The summed E-state index contributed by atoms with van der Waals surface area (Å²) in [6, 6.07) is 10.5. The number of hydrogen-bond acceptors (Lipinski definition) is 4. The molecule has 0 spiro atoms. The van der Waals surface area contributed by atoms with Gasteiger partial charge in [-0.15, -0.1) is 0 Å². The van der Waals surface area contributed by atoms with Gasteiger partial charge in [-0.2, -0.15) is 0 Å². The Kier molecular flexibility index (Phi) is 6.49. The van der Waals surface area contributed by atoms with E-state index in [0.29, 0.717) is 24.6 Å². The van der Waals surface area contributed by atoms with E-state index < -0.39 is 10.8 Å². The summed E-state index contributed by atoms with van der Waals surface area (Å²) in [6.45, 7) is 6.64. The van der Waals surface area contributed by atoms with Crippen LogP contribution < -0.4 is 10.1 Å². The third kappa shape index (κ3) is 4.89. The van der Waals surface area contributed by atoms with Gasteiger partial charge in [0.2, 0.25) is 5.88 Å². The Bertz CT molecular complexity index is 714. The molecule has 1 amide bonds. The van der Waals surface area contributed by atoms with Crippen molar-refractivity contribution in [3.63, 3.8) is 0 Å². The highest BCUT2D eigenvalue weighted by Crippen LogP contribution is 2.13. The quantitative estimate of drug-likeness (QED) is 0.837. The predicted molar refractivity (Wildman–Crippen MR) is 94.6 cm³/mol. The first-order chi connectivity index (χ1) is 11.5. The molecule has 1 heterocycles. The highest BCUT2D eigenvalue weighted by atomic mass is 32.2. The van der Waals surface area contributed by atoms with E-state index in [1.54, 1.807) is 36.5 Å². The zero-order chi connectivity index (χ0) is 17.5. The van der Waals surface area contributed by atoms with Crippen LogP contribution in [0.1, 0.15) is 36.7 Å². The second-order valence-corrected chi connectivity index (χ2v) is 7.50. The molecule has 128 valence electrons. The van der Waals surface area contributed by atoms with E-state index in [2.05, 4.69) is 10.3 Å². The first-order valence-corrected chi connectivity index (χ1v) is 9.09. The molecule has 5 nitrogen and oxygen atoms in total. The number of amides is 1. The Morgan fingerprint density at radius 2 is 1.96 bits per heavy atom. The van der Waals surface area contributed by atoms with Crippen molar-refractivity contribution < 1.29 is 13.7 Å². The largest absolute Gasteiger partial charge is 0.478 e. The lowest BCUT2D eigenvalue weighted by atomic mass is 10.2. The average Bonchev–Trinajstić information content (AvgIpc) is 2.59. The summed E-state index contributed by atoms with van der Waals surface area (Å²) in [5.74, 6) is 0.372. The normalized spacial score (nSPS) is 12.0. The van der Waals surface area contributed by atoms with E-state index in [-0.39, 0.29) is 11.2 Å². The van der Waals surface area contributed by atoms with Crippen LogP contribution in [0.25, 0.3) is 0 Å². The van der Waals surface area contributed by atoms with Crippen LogP contribution in [0, 0.1) is 0 Å². The van der Waals surface area contributed by atoms with Gasteiger partial charge < -0.3 is 10.1 Å². The summed E-state index contributed by atoms with van der Waals surface area (Å²) >= 11 is 0. The zero-order valence-corrected chi connectivity index (χ0v) is 14.9. The van der Waals surface area contributed by atoms with E-state index in [1.165, 1.54) is 0 Å². The third-order valence-electron chi connectivity index (χ3n) is 3.32. The van der Waals surface area contributed by atoms with Gasteiger partial charge >= 0.3 is 0 Å². The molecule has 0 aliphatic carbocycles. The summed E-state index contributed by atoms with van der Waals surface area (Å²) < 4.78 is 17.4. The number of ether oxygens (including phenoxy) is 1. The maximum Gasteiger partial charge on any atom is 0.251 e. The van der Waals surface area contributed by atoms with E-state index in [4.69, 9.17) is 4.74 Å². The fraction of sp³-hybridized carbons (Fsp3) is 0.333. The fourth-order valence-electron chi connectivity index (χ4n) is 2.08. The molecule has 0 saturated carbocycles. The molecule has 1 aromatic carbocycles. The van der Waals surface area contributed by atoms with Crippen LogP contribution in [0.2, 0.25) is 0 Å². The smallest absolute Gasteiger partial charge is 0.251 e. The minimum absolute atomic E-state index is 0.0518. The summed E-state index contributed by atoms with van der Waals surface area (Å²) in [6.07, 6.45) is 1.66. The first-order valence-electron chi connectivity index (χ1n) is 7.87. The number of rotatable bonds is 7. The molecule has 0 aliphatic rings. The van der Waals surface area contributed by atoms with Gasteiger partial charge in [0.15, 0.2) is 0 Å². The molecule has 0 saturated heterocycles. The van der Waals surface area contributed by atoms with Crippen LogP contribution >= 0.6 is 0 Å². The van der Waals surface area contributed by atoms with Crippen molar-refractivity contribution >= 4 is 16.7 Å². The Labute approximate surface area is 144 Å². The van der Waals surface area contributed by atoms with Crippen LogP contribution in [0.5, 0.6) is 5.88 Å². The Balaban J connectivity index is 1.97. The molecular weight excluding hydrogens is 324 g/mol. The number of carbonyl (C=O) groups excluding carboxylic acids is 1. The van der Waals surface area contributed by atoms with Gasteiger partial charge in [-0.1, -0.05) is 13.8 Å².